The van der Waals surface area contributed by atoms with Gasteiger partial charge in [0.05, 0.1) is 17.1 Å². The minimum Gasteiger partial charge on any atom is -0.346 e. The summed E-state index contributed by atoms with van der Waals surface area (Å²) >= 11 is 0. The van der Waals surface area contributed by atoms with Crippen LogP contribution in [0.5, 0.6) is 0 Å². The first kappa shape index (κ1) is 26.7. The van der Waals surface area contributed by atoms with E-state index in [1.807, 2.05) is 60.3 Å². The van der Waals surface area contributed by atoms with Crippen LogP contribution in [0.1, 0.15) is 37.7 Å². The van der Waals surface area contributed by atoms with Gasteiger partial charge in [-0.1, -0.05) is 31.4 Å². The fraction of sp³-hybridized carbons (Fsp3) is 0.393. The molecule has 3 aromatic rings. The van der Waals surface area contributed by atoms with Gasteiger partial charge >= 0.3 is 0 Å². The molecule has 0 saturated heterocycles. The molecule has 1 aliphatic heterocycles. The number of benzene rings is 2. The van der Waals surface area contributed by atoms with E-state index < -0.39 is 9.84 Å². The fourth-order valence-corrected chi connectivity index (χ4v) is 5.93. The Morgan fingerprint density at radius 1 is 1.10 bits per heavy atom. The van der Waals surface area contributed by atoms with E-state index in [2.05, 4.69) is 25.9 Å². The predicted molar refractivity (Wildman–Crippen MR) is 155 cm³/mol. The summed E-state index contributed by atoms with van der Waals surface area (Å²) in [7, 11) is 0.829. The highest BCUT2D eigenvalue weighted by molar-refractivity contribution is 7.89. The molecular weight excluding hydrogens is 514 g/mol. The van der Waals surface area contributed by atoms with Gasteiger partial charge < -0.3 is 25.8 Å². The summed E-state index contributed by atoms with van der Waals surface area (Å²) in [5, 5.41) is 9.80. The van der Waals surface area contributed by atoms with Gasteiger partial charge in [0.1, 0.15) is 5.82 Å². The van der Waals surface area contributed by atoms with Gasteiger partial charge in [-0.3, -0.25) is 4.79 Å². The molecule has 0 radical (unpaired) electrons. The number of sulfone groups is 1. The van der Waals surface area contributed by atoms with E-state index in [1.165, 1.54) is 12.7 Å². The zero-order valence-electron chi connectivity index (χ0n) is 22.5. The lowest BCUT2D eigenvalue weighted by Crippen LogP contribution is -2.50. The van der Waals surface area contributed by atoms with E-state index in [1.54, 1.807) is 18.3 Å². The summed E-state index contributed by atoms with van der Waals surface area (Å²) in [5.74, 6) is 1.36. The second kappa shape index (κ2) is 11.1. The molecule has 5 rings (SSSR count). The molecule has 206 valence electrons. The topological polar surface area (TPSA) is 120 Å². The van der Waals surface area contributed by atoms with Gasteiger partial charge in [-0.15, -0.1) is 0 Å². The van der Waals surface area contributed by atoms with E-state index in [-0.39, 0.29) is 23.9 Å². The molecule has 1 amide bonds. The van der Waals surface area contributed by atoms with Crippen molar-refractivity contribution in [2.45, 2.75) is 44.1 Å². The summed E-state index contributed by atoms with van der Waals surface area (Å²) in [6.45, 7) is 0. The van der Waals surface area contributed by atoms with Crippen LogP contribution in [0.25, 0.3) is 0 Å². The average Bonchev–Trinajstić information content (AvgIpc) is 3.23. The summed E-state index contributed by atoms with van der Waals surface area (Å²) in [6, 6.07) is 15.1. The van der Waals surface area contributed by atoms with Crippen molar-refractivity contribution in [3.05, 3.63) is 60.3 Å². The van der Waals surface area contributed by atoms with Crippen LogP contribution in [0, 0.1) is 5.92 Å². The Hall–Kier alpha value is -3.86. The van der Waals surface area contributed by atoms with Crippen molar-refractivity contribution >= 4 is 50.3 Å². The maximum absolute atomic E-state index is 12.8. The number of anilines is 6. The lowest BCUT2D eigenvalue weighted by molar-refractivity contribution is -0.126. The molecule has 1 atom stereocenters. The third kappa shape index (κ3) is 6.42. The number of carbonyl (C=O) groups excluding carboxylic acids is 1. The van der Waals surface area contributed by atoms with Crippen molar-refractivity contribution in [3.8, 4) is 0 Å². The average molecular weight is 550 g/mol. The Labute approximate surface area is 229 Å². The van der Waals surface area contributed by atoms with Crippen LogP contribution in [0.4, 0.5) is 34.5 Å². The Balaban J connectivity index is 1.25. The number of aromatic nitrogens is 2. The zero-order chi connectivity index (χ0) is 27.6. The standard InChI is InChI=1S/C28H35N7O3S/c1-34(25-15-16-29-27(32-25)30-21-11-9-19(10-12-21)18-39(3,37)38)22-13-14-24-23(17-22)31-28(35(24)2)33-26(36)20-7-5-4-6-8-20/h9-17,20,28,31H,4-8,18H2,1-3H3,(H,33,36)(H,29,30,32). The molecule has 11 heteroatoms. The molecule has 1 aliphatic carbocycles. The molecule has 2 aromatic carbocycles. The predicted octanol–water partition coefficient (Wildman–Crippen LogP) is 4.37. The number of nitrogens with zero attached hydrogens (tertiary/aromatic N) is 4. The van der Waals surface area contributed by atoms with Crippen molar-refractivity contribution in [1.82, 2.24) is 15.3 Å². The van der Waals surface area contributed by atoms with Gasteiger partial charge in [0.25, 0.3) is 0 Å². The first-order valence-corrected chi connectivity index (χ1v) is 15.3. The highest BCUT2D eigenvalue weighted by Gasteiger charge is 2.30. The van der Waals surface area contributed by atoms with Crippen molar-refractivity contribution < 1.29 is 13.2 Å². The molecule has 0 spiro atoms. The van der Waals surface area contributed by atoms with E-state index in [9.17, 15) is 13.2 Å². The highest BCUT2D eigenvalue weighted by atomic mass is 32.2. The minimum atomic E-state index is -3.09. The Morgan fingerprint density at radius 2 is 1.85 bits per heavy atom. The second-order valence-corrected chi connectivity index (χ2v) is 12.5. The Kier molecular flexibility index (Phi) is 7.60. The molecule has 2 heterocycles. The maximum Gasteiger partial charge on any atom is 0.229 e. The van der Waals surface area contributed by atoms with E-state index >= 15 is 0 Å². The first-order chi connectivity index (χ1) is 18.7. The van der Waals surface area contributed by atoms with Crippen molar-refractivity contribution in [2.24, 2.45) is 5.92 Å². The monoisotopic (exact) mass is 549 g/mol. The van der Waals surface area contributed by atoms with Crippen LogP contribution in [-0.2, 0) is 20.4 Å². The van der Waals surface area contributed by atoms with Crippen LogP contribution in [0.2, 0.25) is 0 Å². The number of fused-ring (bicyclic) bond motifs is 1. The molecule has 1 saturated carbocycles. The fourth-order valence-electron chi connectivity index (χ4n) is 5.13. The van der Waals surface area contributed by atoms with E-state index in [0.29, 0.717) is 11.8 Å². The van der Waals surface area contributed by atoms with E-state index in [4.69, 9.17) is 0 Å². The molecular formula is C28H35N7O3S. The number of rotatable bonds is 8. The molecule has 1 aromatic heterocycles. The first-order valence-electron chi connectivity index (χ1n) is 13.2. The molecule has 0 bridgehead atoms. The van der Waals surface area contributed by atoms with Crippen LogP contribution in [0.15, 0.2) is 54.7 Å². The summed E-state index contributed by atoms with van der Waals surface area (Å²) in [5.41, 5.74) is 4.38. The van der Waals surface area contributed by atoms with Crippen molar-refractivity contribution in [3.63, 3.8) is 0 Å². The van der Waals surface area contributed by atoms with Gasteiger partial charge in [0, 0.05) is 43.8 Å². The van der Waals surface area contributed by atoms with Crippen molar-refractivity contribution in [2.75, 3.05) is 40.8 Å². The molecule has 1 fully saturated rings. The Morgan fingerprint density at radius 3 is 2.56 bits per heavy atom. The number of hydrogen-bond donors (Lipinski definition) is 3. The van der Waals surface area contributed by atoms with Gasteiger partial charge in [-0.2, -0.15) is 4.98 Å². The van der Waals surface area contributed by atoms with Crippen LogP contribution < -0.4 is 25.8 Å². The Bertz CT molecular complexity index is 1440. The van der Waals surface area contributed by atoms with Gasteiger partial charge in [0.15, 0.2) is 16.1 Å². The zero-order valence-corrected chi connectivity index (χ0v) is 23.3. The third-order valence-electron chi connectivity index (χ3n) is 7.31. The number of hydrogen-bond acceptors (Lipinski definition) is 9. The van der Waals surface area contributed by atoms with Crippen LogP contribution >= 0.6 is 0 Å². The quantitative estimate of drug-likeness (QED) is 0.376. The molecule has 3 N–H and O–H groups in total. The van der Waals surface area contributed by atoms with Crippen LogP contribution in [-0.4, -0.2) is 50.9 Å². The van der Waals surface area contributed by atoms with Crippen molar-refractivity contribution in [1.29, 1.82) is 0 Å². The number of amides is 1. The largest absolute Gasteiger partial charge is 0.346 e. The van der Waals surface area contributed by atoms with Gasteiger partial charge in [-0.25, -0.2) is 13.4 Å². The van der Waals surface area contributed by atoms with Gasteiger partial charge in [-0.05, 0) is 54.8 Å². The van der Waals surface area contributed by atoms with Crippen LogP contribution in [0.3, 0.4) is 0 Å². The van der Waals surface area contributed by atoms with E-state index in [0.717, 1.165) is 54.0 Å². The second-order valence-electron chi connectivity index (χ2n) is 10.4. The maximum atomic E-state index is 12.8. The molecule has 1 unspecified atom stereocenters. The highest BCUT2D eigenvalue weighted by Crippen LogP contribution is 2.37. The minimum absolute atomic E-state index is 0.00310. The third-order valence-corrected chi connectivity index (χ3v) is 8.16. The number of carbonyl (C=O) groups is 1. The SMILES string of the molecule is CN(c1ccc2c(c1)NC(NC(=O)C1CCCCC1)N2C)c1ccnc(Nc2ccc(CS(C)(=O)=O)cc2)n1. The smallest absolute Gasteiger partial charge is 0.229 e. The molecule has 10 nitrogen and oxygen atoms in total. The molecule has 39 heavy (non-hydrogen) atoms. The summed E-state index contributed by atoms with van der Waals surface area (Å²) < 4.78 is 23.1. The lowest BCUT2D eigenvalue weighted by atomic mass is 9.89. The summed E-state index contributed by atoms with van der Waals surface area (Å²) in [6.07, 6.45) is 8.03. The normalized spacial score (nSPS) is 17.3. The van der Waals surface area contributed by atoms with Gasteiger partial charge in [0.2, 0.25) is 11.9 Å². The number of nitrogens with one attached hydrogen (secondary N) is 3. The molecule has 2 aliphatic rings. The summed E-state index contributed by atoms with van der Waals surface area (Å²) in [4.78, 5) is 25.8. The lowest BCUT2D eigenvalue weighted by Gasteiger charge is -2.27.